The normalized spacial score (nSPS) is 11.2. The molecule has 4 aromatic carbocycles. The van der Waals surface area contributed by atoms with Crippen molar-refractivity contribution in [3.05, 3.63) is 120 Å². The van der Waals surface area contributed by atoms with Gasteiger partial charge in [0.1, 0.15) is 5.82 Å². The van der Waals surface area contributed by atoms with Gasteiger partial charge in [-0.05, 0) is 36.4 Å². The molecule has 0 saturated heterocycles. The van der Waals surface area contributed by atoms with Gasteiger partial charge in [-0.3, -0.25) is 4.74 Å². The SMILES string of the molecule is Fc1cccc(P(=Nc2ccc(Cl)cc2)(c2ccccc2)c2ccccc2)c1. The van der Waals surface area contributed by atoms with Crippen LogP contribution in [0.5, 0.6) is 0 Å². The molecular formula is C24H18ClFNP. The lowest BCUT2D eigenvalue weighted by atomic mass is 10.3. The number of rotatable bonds is 4. The van der Waals surface area contributed by atoms with Crippen LogP contribution >= 0.6 is 18.7 Å². The molecule has 0 spiro atoms. The highest BCUT2D eigenvalue weighted by atomic mass is 35.5. The fraction of sp³-hybridized carbons (Fsp3) is 0. The Kier molecular flexibility index (Phi) is 5.43. The van der Waals surface area contributed by atoms with Crippen LogP contribution in [-0.4, -0.2) is 0 Å². The maximum Gasteiger partial charge on any atom is 0.123 e. The summed E-state index contributed by atoms with van der Waals surface area (Å²) in [6.07, 6.45) is 0. The number of nitrogens with zero attached hydrogens (tertiary/aromatic N) is 1. The maximum atomic E-state index is 14.3. The van der Waals surface area contributed by atoms with Gasteiger partial charge in [0.05, 0.1) is 12.7 Å². The van der Waals surface area contributed by atoms with Crippen LogP contribution in [0.4, 0.5) is 10.1 Å². The van der Waals surface area contributed by atoms with Crippen molar-refractivity contribution in [3.63, 3.8) is 0 Å². The monoisotopic (exact) mass is 405 g/mol. The number of hydrogen-bond acceptors (Lipinski definition) is 1. The van der Waals surface area contributed by atoms with Crippen LogP contribution in [0, 0.1) is 5.82 Å². The smallest absolute Gasteiger partial charge is 0.123 e. The van der Waals surface area contributed by atoms with Gasteiger partial charge in [0.2, 0.25) is 0 Å². The summed E-state index contributed by atoms with van der Waals surface area (Å²) in [6.45, 7) is 0. The fourth-order valence-electron chi connectivity index (χ4n) is 3.27. The van der Waals surface area contributed by atoms with Crippen molar-refractivity contribution in [1.29, 1.82) is 0 Å². The Morgan fingerprint density at radius 2 is 1.14 bits per heavy atom. The standard InChI is InChI=1S/C24H18ClFNP/c25-19-14-16-21(17-15-19)27-28(22-9-3-1-4-10-22,23-11-5-2-6-12-23)24-13-7-8-20(26)18-24/h1-18H. The van der Waals surface area contributed by atoms with Gasteiger partial charge in [0.15, 0.2) is 0 Å². The van der Waals surface area contributed by atoms with E-state index in [9.17, 15) is 4.39 Å². The minimum atomic E-state index is -2.48. The topological polar surface area (TPSA) is 12.4 Å². The van der Waals surface area contributed by atoms with Crippen molar-refractivity contribution in [3.8, 4) is 0 Å². The summed E-state index contributed by atoms with van der Waals surface area (Å²) in [4.78, 5) is 0. The van der Waals surface area contributed by atoms with Crippen LogP contribution in [0.25, 0.3) is 0 Å². The van der Waals surface area contributed by atoms with E-state index in [0.29, 0.717) is 5.02 Å². The van der Waals surface area contributed by atoms with Crippen molar-refractivity contribution in [2.24, 2.45) is 4.74 Å². The highest BCUT2D eigenvalue weighted by molar-refractivity contribution is 7.87. The van der Waals surface area contributed by atoms with E-state index >= 15 is 0 Å². The van der Waals surface area contributed by atoms with Crippen molar-refractivity contribution in [2.75, 3.05) is 0 Å². The maximum absolute atomic E-state index is 14.3. The van der Waals surface area contributed by atoms with E-state index in [1.165, 1.54) is 6.07 Å². The number of benzene rings is 4. The Labute approximate surface area is 169 Å². The van der Waals surface area contributed by atoms with Crippen molar-refractivity contribution < 1.29 is 4.39 Å². The zero-order valence-corrected chi connectivity index (χ0v) is 16.7. The van der Waals surface area contributed by atoms with Crippen LogP contribution in [0.2, 0.25) is 5.02 Å². The van der Waals surface area contributed by atoms with Crippen LogP contribution in [0.1, 0.15) is 0 Å². The van der Waals surface area contributed by atoms with E-state index in [1.54, 1.807) is 12.1 Å². The van der Waals surface area contributed by atoms with Gasteiger partial charge in [0.25, 0.3) is 0 Å². The molecule has 4 rings (SSSR count). The van der Waals surface area contributed by atoms with Crippen molar-refractivity contribution in [2.45, 2.75) is 0 Å². The van der Waals surface area contributed by atoms with E-state index < -0.39 is 7.05 Å². The zero-order valence-electron chi connectivity index (χ0n) is 15.0. The second-order valence-electron chi connectivity index (χ2n) is 6.36. The molecule has 0 radical (unpaired) electrons. The molecule has 0 heterocycles. The third-order valence-electron chi connectivity index (χ3n) is 4.53. The summed E-state index contributed by atoms with van der Waals surface area (Å²) < 4.78 is 19.5. The Balaban J connectivity index is 2.13. The van der Waals surface area contributed by atoms with E-state index in [-0.39, 0.29) is 5.82 Å². The lowest BCUT2D eigenvalue weighted by Gasteiger charge is -2.27. The predicted octanol–water partition coefficient (Wildman–Crippen LogP) is 6.29. The Hall–Kier alpha value is -2.67. The third kappa shape index (κ3) is 3.67. The quantitative estimate of drug-likeness (QED) is 0.354. The van der Waals surface area contributed by atoms with Gasteiger partial charge in [-0.25, -0.2) is 4.39 Å². The lowest BCUT2D eigenvalue weighted by Crippen LogP contribution is -2.25. The summed E-state index contributed by atoms with van der Waals surface area (Å²) in [7, 11) is -2.48. The van der Waals surface area contributed by atoms with Gasteiger partial charge in [0, 0.05) is 20.9 Å². The molecule has 1 nitrogen and oxygen atoms in total. The summed E-state index contributed by atoms with van der Waals surface area (Å²) in [5.41, 5.74) is 0.815. The Morgan fingerprint density at radius 3 is 1.68 bits per heavy atom. The molecule has 0 amide bonds. The molecule has 0 atom stereocenters. The number of hydrogen-bond donors (Lipinski definition) is 0. The third-order valence-corrected chi connectivity index (χ3v) is 8.43. The minimum absolute atomic E-state index is 0.264. The predicted molar refractivity (Wildman–Crippen MR) is 119 cm³/mol. The van der Waals surface area contributed by atoms with Gasteiger partial charge in [-0.15, -0.1) is 0 Å². The zero-order chi connectivity index (χ0) is 19.4. The molecule has 0 saturated carbocycles. The van der Waals surface area contributed by atoms with Crippen molar-refractivity contribution >= 4 is 40.3 Å². The average Bonchev–Trinajstić information content (AvgIpc) is 2.75. The molecule has 4 aromatic rings. The molecule has 0 fully saturated rings. The van der Waals surface area contributed by atoms with E-state index in [0.717, 1.165) is 21.6 Å². The first-order chi connectivity index (χ1) is 13.7. The van der Waals surface area contributed by atoms with E-state index in [4.69, 9.17) is 16.3 Å². The molecule has 0 aliphatic heterocycles. The minimum Gasteiger partial charge on any atom is -0.254 e. The first kappa shape index (κ1) is 18.7. The molecule has 0 unspecified atom stereocenters. The average molecular weight is 406 g/mol. The summed E-state index contributed by atoms with van der Waals surface area (Å²) in [6, 6.07) is 34.5. The largest absolute Gasteiger partial charge is 0.254 e. The van der Waals surface area contributed by atoms with Crippen molar-refractivity contribution in [1.82, 2.24) is 0 Å². The van der Waals surface area contributed by atoms with Gasteiger partial charge < -0.3 is 0 Å². The Morgan fingerprint density at radius 1 is 0.607 bits per heavy atom. The first-order valence-electron chi connectivity index (χ1n) is 8.94. The van der Waals surface area contributed by atoms with Crippen LogP contribution in [0.15, 0.2) is 114 Å². The highest BCUT2D eigenvalue weighted by Gasteiger charge is 2.27. The Bertz CT molecular complexity index is 1080. The lowest BCUT2D eigenvalue weighted by molar-refractivity contribution is 0.629. The summed E-state index contributed by atoms with van der Waals surface area (Å²) in [5, 5.41) is 3.68. The van der Waals surface area contributed by atoms with Gasteiger partial charge in [-0.1, -0.05) is 84.4 Å². The fourth-order valence-corrected chi connectivity index (χ4v) is 6.93. The van der Waals surface area contributed by atoms with Crippen LogP contribution < -0.4 is 15.9 Å². The first-order valence-corrected chi connectivity index (χ1v) is 11.1. The van der Waals surface area contributed by atoms with Gasteiger partial charge in [-0.2, -0.15) is 0 Å². The molecule has 28 heavy (non-hydrogen) atoms. The highest BCUT2D eigenvalue weighted by Crippen LogP contribution is 2.49. The molecule has 4 heteroatoms. The molecule has 0 aliphatic carbocycles. The summed E-state index contributed by atoms with van der Waals surface area (Å²) in [5.74, 6) is -0.264. The molecule has 0 aliphatic rings. The van der Waals surface area contributed by atoms with E-state index in [1.807, 2.05) is 66.7 Å². The molecule has 138 valence electrons. The number of halogens is 2. The molecular weight excluding hydrogens is 388 g/mol. The van der Waals surface area contributed by atoms with Gasteiger partial charge >= 0.3 is 0 Å². The summed E-state index contributed by atoms with van der Waals surface area (Å²) >= 11 is 6.07. The molecule has 0 aromatic heterocycles. The van der Waals surface area contributed by atoms with Crippen LogP contribution in [-0.2, 0) is 0 Å². The second kappa shape index (κ2) is 8.14. The second-order valence-corrected chi connectivity index (χ2v) is 9.82. The van der Waals surface area contributed by atoms with E-state index in [2.05, 4.69) is 24.3 Å². The molecule has 0 N–H and O–H groups in total. The molecule has 0 bridgehead atoms. The van der Waals surface area contributed by atoms with Crippen LogP contribution in [0.3, 0.4) is 0 Å².